The summed E-state index contributed by atoms with van der Waals surface area (Å²) in [7, 11) is 5.31. The van der Waals surface area contributed by atoms with Gasteiger partial charge in [0.15, 0.2) is 12.6 Å². The van der Waals surface area contributed by atoms with Crippen molar-refractivity contribution in [2.45, 2.75) is 198 Å². The van der Waals surface area contributed by atoms with E-state index in [0.29, 0.717) is 19.5 Å². The van der Waals surface area contributed by atoms with Gasteiger partial charge < -0.3 is 69.5 Å². The second kappa shape index (κ2) is 20.0. The van der Waals surface area contributed by atoms with Crippen LogP contribution in [0.5, 0.6) is 0 Å². The van der Waals surface area contributed by atoms with Crippen LogP contribution in [-0.4, -0.2) is 167 Å². The Hall–Kier alpha value is -1.05. The molecule has 56 heavy (non-hydrogen) atoms. The fourth-order valence-electron chi connectivity index (χ4n) is 9.21. The van der Waals surface area contributed by atoms with Crippen LogP contribution in [0.15, 0.2) is 0 Å². The molecule has 0 aromatic rings. The van der Waals surface area contributed by atoms with Crippen molar-refractivity contribution in [1.82, 2.24) is 15.5 Å². The molecule has 0 amide bonds. The summed E-state index contributed by atoms with van der Waals surface area (Å²) in [5.41, 5.74) is -5.95. The summed E-state index contributed by atoms with van der Waals surface area (Å²) in [5.74, 6) is -2.66. The molecule has 3 saturated heterocycles. The Morgan fingerprint density at radius 2 is 1.61 bits per heavy atom. The van der Waals surface area contributed by atoms with Gasteiger partial charge in [0.25, 0.3) is 0 Å². The number of aliphatic hydroxyl groups is 5. The van der Waals surface area contributed by atoms with Crippen LogP contribution < -0.4 is 10.6 Å². The second-order valence-electron chi connectivity index (χ2n) is 18.2. The summed E-state index contributed by atoms with van der Waals surface area (Å²) in [5, 5.41) is 65.8. The van der Waals surface area contributed by atoms with Gasteiger partial charge in [-0.15, -0.1) is 0 Å². The Bertz CT molecular complexity index is 1230. The lowest BCUT2D eigenvalue weighted by Gasteiger charge is -2.53. The lowest BCUT2D eigenvalue weighted by Crippen LogP contribution is -2.70. The van der Waals surface area contributed by atoms with Crippen LogP contribution in [0.1, 0.15) is 108 Å². The maximum atomic E-state index is 14.3. The predicted octanol–water partition coefficient (Wildman–Crippen LogP) is 1.93. The molecule has 15 nitrogen and oxygen atoms in total. The molecule has 3 rings (SSSR count). The minimum absolute atomic E-state index is 0.0939. The van der Waals surface area contributed by atoms with E-state index in [9.17, 15) is 30.3 Å². The second-order valence-corrected chi connectivity index (χ2v) is 18.2. The van der Waals surface area contributed by atoms with E-state index in [4.69, 9.17) is 28.4 Å². The van der Waals surface area contributed by atoms with Crippen molar-refractivity contribution in [3.05, 3.63) is 0 Å². The lowest BCUT2D eigenvalue weighted by molar-refractivity contribution is -0.336. The van der Waals surface area contributed by atoms with E-state index in [1.807, 2.05) is 53.6 Å². The molecule has 0 saturated carbocycles. The average Bonchev–Trinajstić information content (AvgIpc) is 3.12. The number of cyclic esters (lactones) is 1. The van der Waals surface area contributed by atoms with Gasteiger partial charge in [0.1, 0.15) is 35.1 Å². The maximum absolute atomic E-state index is 14.3. The van der Waals surface area contributed by atoms with Crippen LogP contribution in [0.25, 0.3) is 0 Å². The number of ether oxygens (including phenoxy) is 6. The zero-order valence-electron chi connectivity index (χ0n) is 36.8. The minimum Gasteiger partial charge on any atom is -0.459 e. The zero-order valence-corrected chi connectivity index (χ0v) is 36.8. The molecule has 0 spiro atoms. The number of hydrogen-bond acceptors (Lipinski definition) is 15. The maximum Gasteiger partial charge on any atom is 0.311 e. The summed E-state index contributed by atoms with van der Waals surface area (Å²) in [6, 6.07) is -0.877. The number of carbonyl (C=O) groups is 1. The van der Waals surface area contributed by atoms with Gasteiger partial charge in [0.05, 0.1) is 35.9 Å². The first kappa shape index (κ1) is 49.3. The summed E-state index contributed by atoms with van der Waals surface area (Å²) in [6.07, 6.45) is -6.71. The van der Waals surface area contributed by atoms with E-state index >= 15 is 0 Å². The standard InChI is InChI=1S/C41H79N3O12/c1-15-17-42-22-41(50)28(8)53-31(20-39(41,10)51-14)55-33-25(5)35(56-37-32(45)29(44(12)13)18-24(4)52-37)38(9,48)19-23(3)21-43-27(7)34(46)40(11,49)30(16-2)54-36(47)26(33)6/h23-35,37,42-43,45-46,48-50H,15-22H2,1-14H3/t23-,24-,25+,26-,27-,28?,29?,30-,31?,32?,33+,34-,35-,37+,38+,39?,40-,41?/m1/s1. The van der Waals surface area contributed by atoms with Crippen LogP contribution in [0.3, 0.4) is 0 Å². The Kier molecular flexibility index (Phi) is 17.6. The normalized spacial score (nSPS) is 47.9. The third-order valence-corrected chi connectivity index (χ3v) is 13.0. The van der Waals surface area contributed by atoms with Gasteiger partial charge in [0.2, 0.25) is 0 Å². The van der Waals surface area contributed by atoms with Gasteiger partial charge in [-0.05, 0) is 107 Å². The molecule has 6 unspecified atom stereocenters. The first-order valence-corrected chi connectivity index (χ1v) is 20.9. The molecular formula is C41H79N3O12. The largest absolute Gasteiger partial charge is 0.459 e. The highest BCUT2D eigenvalue weighted by atomic mass is 16.7. The number of esters is 1. The molecule has 0 aromatic carbocycles. The van der Waals surface area contributed by atoms with Crippen molar-refractivity contribution >= 4 is 5.97 Å². The van der Waals surface area contributed by atoms with Crippen LogP contribution >= 0.6 is 0 Å². The average molecular weight is 806 g/mol. The van der Waals surface area contributed by atoms with Gasteiger partial charge in [-0.3, -0.25) is 4.79 Å². The number of nitrogens with zero attached hydrogens (tertiary/aromatic N) is 1. The molecule has 3 aliphatic rings. The fraction of sp³-hybridized carbons (Fsp3) is 0.976. The van der Waals surface area contributed by atoms with Crippen molar-refractivity contribution in [1.29, 1.82) is 0 Å². The van der Waals surface area contributed by atoms with Gasteiger partial charge in [-0.2, -0.15) is 0 Å². The zero-order chi connectivity index (χ0) is 42.6. The lowest BCUT2D eigenvalue weighted by atomic mass is 9.75. The third kappa shape index (κ3) is 11.0. The number of methoxy groups -OCH3 is 1. The number of hydrogen-bond donors (Lipinski definition) is 7. The smallest absolute Gasteiger partial charge is 0.311 e. The Morgan fingerprint density at radius 3 is 2.18 bits per heavy atom. The highest BCUT2D eigenvalue weighted by Crippen LogP contribution is 2.43. The molecular weight excluding hydrogens is 726 g/mol. The van der Waals surface area contributed by atoms with Gasteiger partial charge >= 0.3 is 5.97 Å². The highest BCUT2D eigenvalue weighted by molar-refractivity contribution is 5.73. The molecule has 3 aliphatic heterocycles. The van der Waals surface area contributed by atoms with Gasteiger partial charge in [-0.25, -0.2) is 0 Å². The third-order valence-electron chi connectivity index (χ3n) is 13.0. The predicted molar refractivity (Wildman–Crippen MR) is 212 cm³/mol. The fourth-order valence-corrected chi connectivity index (χ4v) is 9.21. The first-order chi connectivity index (χ1) is 25.9. The molecule has 3 heterocycles. The number of likely N-dealkylation sites (N-methyl/N-ethyl adjacent to an activating group) is 1. The quantitative estimate of drug-likeness (QED) is 0.118. The summed E-state index contributed by atoms with van der Waals surface area (Å²) in [6.45, 7) is 20.9. The molecule has 0 aromatic heterocycles. The van der Waals surface area contributed by atoms with Crippen molar-refractivity contribution in [2.24, 2.45) is 17.8 Å². The van der Waals surface area contributed by atoms with Crippen LogP contribution in [0, 0.1) is 17.8 Å². The van der Waals surface area contributed by atoms with Crippen molar-refractivity contribution < 1.29 is 58.7 Å². The molecule has 0 aliphatic carbocycles. The van der Waals surface area contributed by atoms with Crippen LogP contribution in [0.2, 0.25) is 0 Å². The van der Waals surface area contributed by atoms with Crippen molar-refractivity contribution in [3.8, 4) is 0 Å². The highest BCUT2D eigenvalue weighted by Gasteiger charge is 2.58. The number of rotatable bonds is 11. The van der Waals surface area contributed by atoms with E-state index in [1.165, 1.54) is 14.0 Å². The molecule has 7 N–H and O–H groups in total. The van der Waals surface area contributed by atoms with E-state index < -0.39 is 95.5 Å². The minimum atomic E-state index is -1.81. The Balaban J connectivity index is 2.16. The van der Waals surface area contributed by atoms with E-state index in [1.54, 1.807) is 34.6 Å². The molecule has 18 atom stereocenters. The number of carbonyl (C=O) groups excluding carboxylic acids is 1. The molecule has 15 heteroatoms. The van der Waals surface area contributed by atoms with E-state index in [2.05, 4.69) is 10.6 Å². The van der Waals surface area contributed by atoms with Crippen molar-refractivity contribution in [3.63, 3.8) is 0 Å². The van der Waals surface area contributed by atoms with E-state index in [-0.39, 0.29) is 43.9 Å². The van der Waals surface area contributed by atoms with Crippen LogP contribution in [-0.2, 0) is 33.2 Å². The summed E-state index contributed by atoms with van der Waals surface area (Å²) >= 11 is 0. The monoisotopic (exact) mass is 806 g/mol. The Morgan fingerprint density at radius 1 is 0.964 bits per heavy atom. The molecule has 330 valence electrons. The SMILES string of the molecule is CCCNCC1(O)C(C)OC(O[C@H]2[C@H](C)[C@@H](O[C@@H]3O[C@H](C)CC(N(C)C)C3O)[C@@](C)(O)C[C@@H](C)CN[C@H](C)[C@@H](O)[C@](C)(O)[C@@H](CC)OC(=O)[C@@H]2C)CC1(C)OC. The summed E-state index contributed by atoms with van der Waals surface area (Å²) < 4.78 is 38.3. The Labute approximate surface area is 336 Å². The van der Waals surface area contributed by atoms with E-state index in [0.717, 1.165) is 6.42 Å². The van der Waals surface area contributed by atoms with Crippen molar-refractivity contribution in [2.75, 3.05) is 40.8 Å². The number of aliphatic hydroxyl groups excluding tert-OH is 2. The summed E-state index contributed by atoms with van der Waals surface area (Å²) in [4.78, 5) is 16.2. The van der Waals surface area contributed by atoms with Gasteiger partial charge in [-0.1, -0.05) is 27.7 Å². The van der Waals surface area contributed by atoms with Gasteiger partial charge in [0, 0.05) is 38.1 Å². The molecule has 0 bridgehead atoms. The van der Waals surface area contributed by atoms with Crippen LogP contribution in [0.4, 0.5) is 0 Å². The molecule has 0 radical (unpaired) electrons. The first-order valence-electron chi connectivity index (χ1n) is 20.9. The molecule has 3 fully saturated rings. The number of nitrogens with one attached hydrogen (secondary N) is 2. The topological polar surface area (TPSA) is 201 Å².